The average molecular weight is 219 g/mol. The van der Waals surface area contributed by atoms with Crippen LogP contribution in [0.5, 0.6) is 0 Å². The van der Waals surface area contributed by atoms with E-state index in [1.165, 1.54) is 6.07 Å². The first-order chi connectivity index (χ1) is 6.60. The summed E-state index contributed by atoms with van der Waals surface area (Å²) in [6.45, 7) is -0.489. The van der Waals surface area contributed by atoms with Gasteiger partial charge in [-0.15, -0.1) is 0 Å². The van der Waals surface area contributed by atoms with E-state index < -0.39 is 24.3 Å². The Morgan fingerprint density at radius 1 is 1.64 bits per heavy atom. The summed E-state index contributed by atoms with van der Waals surface area (Å²) in [5.41, 5.74) is -0.907. The summed E-state index contributed by atoms with van der Waals surface area (Å²) in [6.07, 6.45) is -2.80. The Bertz CT molecular complexity index is 390. The van der Waals surface area contributed by atoms with Crippen LogP contribution >= 0.6 is 11.6 Å². The highest BCUT2D eigenvalue weighted by Gasteiger charge is 2.17. The van der Waals surface area contributed by atoms with Gasteiger partial charge in [-0.1, -0.05) is 11.6 Å². The van der Waals surface area contributed by atoms with E-state index in [0.29, 0.717) is 0 Å². The van der Waals surface area contributed by atoms with Crippen LogP contribution in [0, 0.1) is 11.3 Å². The maximum Gasteiger partial charge on any atom is 0.266 e. The molecule has 14 heavy (non-hydrogen) atoms. The molecule has 0 aromatic carbocycles. The number of alkyl halides is 2. The largest absolute Gasteiger partial charge is 0.390 e. The van der Waals surface area contributed by atoms with Crippen molar-refractivity contribution in [2.45, 2.75) is 13.0 Å². The number of hydrogen-bond donors (Lipinski definition) is 1. The van der Waals surface area contributed by atoms with Crippen molar-refractivity contribution in [3.05, 3.63) is 28.0 Å². The SMILES string of the molecule is N#Cc1nc(CO)c(Cl)cc1C(F)F. The third-order valence-electron chi connectivity index (χ3n) is 1.57. The molecule has 3 nitrogen and oxygen atoms in total. The predicted octanol–water partition coefficient (Wildman–Crippen LogP) is 2.04. The molecule has 0 spiro atoms. The zero-order valence-corrected chi connectivity index (χ0v) is 7.59. The lowest BCUT2D eigenvalue weighted by atomic mass is 10.2. The van der Waals surface area contributed by atoms with Crippen LogP contribution in [0.1, 0.15) is 23.4 Å². The highest BCUT2D eigenvalue weighted by molar-refractivity contribution is 6.31. The Morgan fingerprint density at radius 3 is 2.71 bits per heavy atom. The number of hydrogen-bond acceptors (Lipinski definition) is 3. The molecule has 6 heteroatoms. The number of nitriles is 1. The summed E-state index contributed by atoms with van der Waals surface area (Å²) >= 11 is 5.54. The summed E-state index contributed by atoms with van der Waals surface area (Å²) in [6, 6.07) is 2.47. The van der Waals surface area contributed by atoms with Gasteiger partial charge in [-0.05, 0) is 6.07 Å². The van der Waals surface area contributed by atoms with Crippen LogP contribution in [-0.4, -0.2) is 10.1 Å². The van der Waals surface area contributed by atoms with Crippen LogP contribution in [0.25, 0.3) is 0 Å². The summed E-state index contributed by atoms with van der Waals surface area (Å²) in [5, 5.41) is 17.2. The zero-order valence-electron chi connectivity index (χ0n) is 6.84. The molecule has 1 aromatic heterocycles. The number of aromatic nitrogens is 1. The standard InChI is InChI=1S/C8H5ClF2N2O/c9-5-1-4(8(10)11)6(2-12)13-7(5)3-14/h1,8,14H,3H2. The molecule has 0 saturated heterocycles. The number of pyridine rings is 1. The predicted molar refractivity (Wildman–Crippen MR) is 44.8 cm³/mol. The van der Waals surface area contributed by atoms with Gasteiger partial charge >= 0.3 is 0 Å². The van der Waals surface area contributed by atoms with Crippen LogP contribution in [-0.2, 0) is 6.61 Å². The summed E-state index contributed by atoms with van der Waals surface area (Å²) in [7, 11) is 0. The van der Waals surface area contributed by atoms with E-state index in [0.717, 1.165) is 6.07 Å². The Balaban J connectivity index is 3.33. The van der Waals surface area contributed by atoms with Crippen molar-refractivity contribution in [1.82, 2.24) is 4.98 Å². The highest BCUT2D eigenvalue weighted by atomic mass is 35.5. The van der Waals surface area contributed by atoms with Crippen molar-refractivity contribution in [1.29, 1.82) is 5.26 Å². The van der Waals surface area contributed by atoms with E-state index >= 15 is 0 Å². The fourth-order valence-corrected chi connectivity index (χ4v) is 1.13. The molecular formula is C8H5ClF2N2O. The van der Waals surface area contributed by atoms with Crippen molar-refractivity contribution >= 4 is 11.6 Å². The van der Waals surface area contributed by atoms with Gasteiger partial charge in [0.2, 0.25) is 0 Å². The maximum absolute atomic E-state index is 12.3. The molecular weight excluding hydrogens is 214 g/mol. The lowest BCUT2D eigenvalue weighted by Crippen LogP contribution is -2.00. The molecule has 1 rings (SSSR count). The lowest BCUT2D eigenvalue weighted by Gasteiger charge is -2.05. The minimum atomic E-state index is -2.80. The number of rotatable bonds is 2. The van der Waals surface area contributed by atoms with Crippen molar-refractivity contribution < 1.29 is 13.9 Å². The second kappa shape index (κ2) is 4.31. The monoisotopic (exact) mass is 218 g/mol. The first-order valence-corrected chi connectivity index (χ1v) is 3.96. The summed E-state index contributed by atoms with van der Waals surface area (Å²) in [5.74, 6) is 0. The molecule has 74 valence electrons. The van der Waals surface area contributed by atoms with E-state index in [-0.39, 0.29) is 10.7 Å². The van der Waals surface area contributed by atoms with E-state index in [4.69, 9.17) is 22.0 Å². The normalized spacial score (nSPS) is 10.3. The van der Waals surface area contributed by atoms with Gasteiger partial charge in [0, 0.05) is 0 Å². The second-order valence-corrected chi connectivity index (χ2v) is 2.83. The Hall–Kier alpha value is -1.25. The highest BCUT2D eigenvalue weighted by Crippen LogP contribution is 2.26. The van der Waals surface area contributed by atoms with Gasteiger partial charge in [0.1, 0.15) is 11.8 Å². The average Bonchev–Trinajstić information content (AvgIpc) is 2.17. The molecule has 0 aliphatic carbocycles. The molecule has 0 amide bonds. The van der Waals surface area contributed by atoms with Crippen LogP contribution in [0.4, 0.5) is 8.78 Å². The van der Waals surface area contributed by atoms with Gasteiger partial charge in [0.05, 0.1) is 22.9 Å². The molecule has 1 N–H and O–H groups in total. The fraction of sp³-hybridized carbons (Fsp3) is 0.250. The Morgan fingerprint density at radius 2 is 2.29 bits per heavy atom. The van der Waals surface area contributed by atoms with Crippen LogP contribution in [0.15, 0.2) is 6.07 Å². The third kappa shape index (κ3) is 1.97. The molecule has 0 radical (unpaired) electrons. The molecule has 0 saturated carbocycles. The van der Waals surface area contributed by atoms with Gasteiger partial charge in [-0.3, -0.25) is 0 Å². The number of nitrogens with zero attached hydrogens (tertiary/aromatic N) is 2. The van der Waals surface area contributed by atoms with Gasteiger partial charge in [-0.2, -0.15) is 5.26 Å². The fourth-order valence-electron chi connectivity index (χ4n) is 0.908. The van der Waals surface area contributed by atoms with Crippen LogP contribution in [0.3, 0.4) is 0 Å². The maximum atomic E-state index is 12.3. The van der Waals surface area contributed by atoms with E-state index in [9.17, 15) is 8.78 Å². The Labute approximate surface area is 83.6 Å². The molecule has 0 aliphatic rings. The number of aliphatic hydroxyl groups is 1. The van der Waals surface area contributed by atoms with Crippen molar-refractivity contribution in [3.63, 3.8) is 0 Å². The topological polar surface area (TPSA) is 56.9 Å². The third-order valence-corrected chi connectivity index (χ3v) is 1.90. The van der Waals surface area contributed by atoms with Gasteiger partial charge < -0.3 is 5.11 Å². The van der Waals surface area contributed by atoms with E-state index in [2.05, 4.69) is 4.98 Å². The smallest absolute Gasteiger partial charge is 0.266 e. The van der Waals surface area contributed by atoms with Gasteiger partial charge in [-0.25, -0.2) is 13.8 Å². The van der Waals surface area contributed by atoms with Gasteiger partial charge in [0.15, 0.2) is 0 Å². The number of halogens is 3. The Kier molecular flexibility index (Phi) is 3.33. The molecule has 0 unspecified atom stereocenters. The van der Waals surface area contributed by atoms with Crippen molar-refractivity contribution in [2.24, 2.45) is 0 Å². The molecule has 1 heterocycles. The summed E-state index contributed by atoms with van der Waals surface area (Å²) < 4.78 is 24.6. The minimum absolute atomic E-state index is 0.0209. The quantitative estimate of drug-likeness (QED) is 0.826. The molecule has 0 aliphatic heterocycles. The second-order valence-electron chi connectivity index (χ2n) is 2.43. The molecule has 0 bridgehead atoms. The molecule has 0 fully saturated rings. The molecule has 0 atom stereocenters. The van der Waals surface area contributed by atoms with Crippen molar-refractivity contribution in [3.8, 4) is 6.07 Å². The first-order valence-electron chi connectivity index (χ1n) is 3.58. The van der Waals surface area contributed by atoms with Crippen LogP contribution in [0.2, 0.25) is 5.02 Å². The minimum Gasteiger partial charge on any atom is -0.390 e. The first kappa shape index (κ1) is 10.8. The summed E-state index contributed by atoms with van der Waals surface area (Å²) in [4.78, 5) is 3.51. The zero-order chi connectivity index (χ0) is 10.7. The van der Waals surface area contributed by atoms with Gasteiger partial charge in [0.25, 0.3) is 6.43 Å². The van der Waals surface area contributed by atoms with E-state index in [1.807, 2.05) is 0 Å². The van der Waals surface area contributed by atoms with Crippen LogP contribution < -0.4 is 0 Å². The number of aliphatic hydroxyl groups excluding tert-OH is 1. The van der Waals surface area contributed by atoms with Crippen molar-refractivity contribution in [2.75, 3.05) is 0 Å². The molecule has 1 aromatic rings. The lowest BCUT2D eigenvalue weighted by molar-refractivity contribution is 0.150. The van der Waals surface area contributed by atoms with E-state index in [1.54, 1.807) is 0 Å².